The summed E-state index contributed by atoms with van der Waals surface area (Å²) in [6.45, 7) is 0.965. The summed E-state index contributed by atoms with van der Waals surface area (Å²) in [5, 5.41) is 10.6. The van der Waals surface area contributed by atoms with Crippen LogP contribution in [0.4, 0.5) is 0 Å². The van der Waals surface area contributed by atoms with Crippen molar-refractivity contribution in [2.75, 3.05) is 20.3 Å². The lowest BCUT2D eigenvalue weighted by atomic mass is 10.1. The topological polar surface area (TPSA) is 47.9 Å². The van der Waals surface area contributed by atoms with Gasteiger partial charge in [0.15, 0.2) is 11.5 Å². The van der Waals surface area contributed by atoms with Gasteiger partial charge in [0.2, 0.25) is 0 Å². The second-order valence-electron chi connectivity index (χ2n) is 4.33. The Morgan fingerprint density at radius 3 is 2.71 bits per heavy atom. The van der Waals surface area contributed by atoms with Crippen molar-refractivity contribution < 1.29 is 19.3 Å². The highest BCUT2D eigenvalue weighted by atomic mass is 35.5. The number of halogens is 1. The maximum atomic E-state index is 10.2. The first kappa shape index (κ1) is 11.0. The van der Waals surface area contributed by atoms with Crippen LogP contribution in [0, 0.1) is 0 Å². The van der Waals surface area contributed by atoms with Gasteiger partial charge in [-0.3, -0.25) is 0 Å². The number of rotatable bonds is 2. The second kappa shape index (κ2) is 3.68. The third-order valence-corrected chi connectivity index (χ3v) is 3.50. The van der Waals surface area contributed by atoms with Crippen molar-refractivity contribution in [2.45, 2.75) is 18.4 Å². The molecular weight excluding hydrogens is 244 g/mol. The van der Waals surface area contributed by atoms with Gasteiger partial charge in [-0.15, -0.1) is 0 Å². The first-order valence-electron chi connectivity index (χ1n) is 5.55. The maximum absolute atomic E-state index is 10.2. The molecule has 1 aliphatic carbocycles. The average molecular weight is 257 g/mol. The summed E-state index contributed by atoms with van der Waals surface area (Å²) in [5.74, 6) is 1.57. The van der Waals surface area contributed by atoms with Crippen LogP contribution in [0.5, 0.6) is 17.2 Å². The molecule has 1 fully saturated rings. The molecule has 5 heteroatoms. The summed E-state index contributed by atoms with van der Waals surface area (Å²) in [7, 11) is 1.53. The van der Waals surface area contributed by atoms with Crippen LogP contribution < -0.4 is 14.2 Å². The molecule has 17 heavy (non-hydrogen) atoms. The Morgan fingerprint density at radius 2 is 2.06 bits per heavy atom. The van der Waals surface area contributed by atoms with Crippen LogP contribution in [-0.4, -0.2) is 25.4 Å². The molecule has 92 valence electrons. The van der Waals surface area contributed by atoms with Gasteiger partial charge in [0.1, 0.15) is 24.0 Å². The Kier molecular flexibility index (Phi) is 2.38. The van der Waals surface area contributed by atoms with Crippen LogP contribution in [0.2, 0.25) is 5.02 Å². The van der Waals surface area contributed by atoms with Gasteiger partial charge < -0.3 is 19.3 Å². The molecule has 1 saturated carbocycles. The van der Waals surface area contributed by atoms with Gasteiger partial charge in [0.25, 0.3) is 0 Å². The number of hydrogen-bond donors (Lipinski definition) is 1. The van der Waals surface area contributed by atoms with E-state index >= 15 is 0 Å². The molecule has 1 N–H and O–H groups in total. The predicted octanol–water partition coefficient (Wildman–Crippen LogP) is 2.10. The molecule has 1 aromatic carbocycles. The number of ether oxygens (including phenoxy) is 3. The largest absolute Gasteiger partial charge is 0.495 e. The van der Waals surface area contributed by atoms with E-state index in [2.05, 4.69) is 0 Å². The summed E-state index contributed by atoms with van der Waals surface area (Å²) in [4.78, 5) is 0. The van der Waals surface area contributed by atoms with Crippen molar-refractivity contribution in [1.29, 1.82) is 0 Å². The normalized spacial score (nSPS) is 19.9. The fraction of sp³-hybridized carbons (Fsp3) is 0.500. The van der Waals surface area contributed by atoms with E-state index in [-0.39, 0.29) is 0 Å². The minimum absolute atomic E-state index is 0.375. The van der Waals surface area contributed by atoms with Crippen molar-refractivity contribution in [2.24, 2.45) is 0 Å². The van der Waals surface area contributed by atoms with E-state index < -0.39 is 5.60 Å². The lowest BCUT2D eigenvalue weighted by molar-refractivity contribution is 0.143. The molecule has 0 unspecified atom stereocenters. The maximum Gasteiger partial charge on any atom is 0.183 e. The highest BCUT2D eigenvalue weighted by molar-refractivity contribution is 6.34. The Labute approximate surface area is 104 Å². The number of hydrogen-bond acceptors (Lipinski definition) is 4. The van der Waals surface area contributed by atoms with E-state index in [0.717, 1.165) is 12.8 Å². The lowest BCUT2D eigenvalue weighted by Gasteiger charge is -2.23. The number of benzene rings is 1. The summed E-state index contributed by atoms with van der Waals surface area (Å²) >= 11 is 6.22. The van der Waals surface area contributed by atoms with Gasteiger partial charge in [-0.1, -0.05) is 11.6 Å². The van der Waals surface area contributed by atoms with Crippen LogP contribution in [0.3, 0.4) is 0 Å². The van der Waals surface area contributed by atoms with E-state index in [9.17, 15) is 5.11 Å². The quantitative estimate of drug-likeness (QED) is 0.880. The molecular formula is C12H13ClO4. The number of aliphatic hydroxyl groups is 1. The van der Waals surface area contributed by atoms with Crippen LogP contribution in [-0.2, 0) is 5.60 Å². The lowest BCUT2D eigenvalue weighted by Crippen LogP contribution is -2.17. The van der Waals surface area contributed by atoms with Crippen molar-refractivity contribution in [3.05, 3.63) is 16.7 Å². The van der Waals surface area contributed by atoms with Crippen LogP contribution >= 0.6 is 11.6 Å². The third-order valence-electron chi connectivity index (χ3n) is 3.16. The fourth-order valence-corrected chi connectivity index (χ4v) is 2.39. The molecule has 0 amide bonds. The van der Waals surface area contributed by atoms with Gasteiger partial charge in [0.05, 0.1) is 12.7 Å². The smallest absolute Gasteiger partial charge is 0.183 e. The Morgan fingerprint density at radius 1 is 1.35 bits per heavy atom. The molecule has 0 radical (unpaired) electrons. The zero-order valence-corrected chi connectivity index (χ0v) is 10.2. The van der Waals surface area contributed by atoms with Gasteiger partial charge in [0, 0.05) is 5.56 Å². The minimum atomic E-state index is -0.815. The Balaban J connectivity index is 2.18. The summed E-state index contributed by atoms with van der Waals surface area (Å²) in [5.41, 5.74) is -0.126. The average Bonchev–Trinajstić information content (AvgIpc) is 3.08. The molecule has 3 rings (SSSR count). The summed E-state index contributed by atoms with van der Waals surface area (Å²) in [6.07, 6.45) is 1.44. The second-order valence-corrected chi connectivity index (χ2v) is 4.71. The highest BCUT2D eigenvalue weighted by Gasteiger charge is 2.46. The first-order chi connectivity index (χ1) is 8.15. The standard InChI is InChI=1S/C12H13ClO4/c1-15-10-7(12(14)2-3-12)6-8-11(9(10)13)17-5-4-16-8/h6,14H,2-5H2,1H3. The molecule has 1 aromatic rings. The van der Waals surface area contributed by atoms with Crippen molar-refractivity contribution >= 4 is 11.6 Å². The van der Waals surface area contributed by atoms with Gasteiger partial charge in [-0.2, -0.15) is 0 Å². The number of methoxy groups -OCH3 is 1. The third kappa shape index (κ3) is 1.63. The molecule has 0 bridgehead atoms. The van der Waals surface area contributed by atoms with E-state index in [1.807, 2.05) is 0 Å². The Bertz CT molecular complexity index is 468. The van der Waals surface area contributed by atoms with E-state index in [0.29, 0.717) is 41.0 Å². The summed E-state index contributed by atoms with van der Waals surface area (Å²) < 4.78 is 16.2. The summed E-state index contributed by atoms with van der Waals surface area (Å²) in [6, 6.07) is 1.77. The van der Waals surface area contributed by atoms with Crippen LogP contribution in [0.15, 0.2) is 6.07 Å². The zero-order chi connectivity index (χ0) is 12.0. The molecule has 0 atom stereocenters. The van der Waals surface area contributed by atoms with Crippen molar-refractivity contribution in [1.82, 2.24) is 0 Å². The first-order valence-corrected chi connectivity index (χ1v) is 5.92. The Hall–Kier alpha value is -1.13. The predicted molar refractivity (Wildman–Crippen MR) is 62.1 cm³/mol. The fourth-order valence-electron chi connectivity index (χ4n) is 2.06. The molecule has 1 aliphatic heterocycles. The van der Waals surface area contributed by atoms with E-state index in [4.69, 9.17) is 25.8 Å². The van der Waals surface area contributed by atoms with Crippen LogP contribution in [0.25, 0.3) is 0 Å². The van der Waals surface area contributed by atoms with Gasteiger partial charge >= 0.3 is 0 Å². The monoisotopic (exact) mass is 256 g/mol. The van der Waals surface area contributed by atoms with E-state index in [1.165, 1.54) is 7.11 Å². The van der Waals surface area contributed by atoms with Gasteiger partial charge in [-0.05, 0) is 18.9 Å². The molecule has 1 heterocycles. The molecule has 2 aliphatic rings. The number of fused-ring (bicyclic) bond motifs is 1. The van der Waals surface area contributed by atoms with Crippen molar-refractivity contribution in [3.63, 3.8) is 0 Å². The van der Waals surface area contributed by atoms with Crippen LogP contribution in [0.1, 0.15) is 18.4 Å². The van der Waals surface area contributed by atoms with Gasteiger partial charge in [-0.25, -0.2) is 0 Å². The zero-order valence-electron chi connectivity index (χ0n) is 9.46. The molecule has 0 saturated heterocycles. The molecule has 4 nitrogen and oxygen atoms in total. The SMILES string of the molecule is COc1c(C2(O)CC2)cc2c(c1Cl)OCCO2. The molecule has 0 aromatic heterocycles. The van der Waals surface area contributed by atoms with E-state index in [1.54, 1.807) is 6.07 Å². The highest BCUT2D eigenvalue weighted by Crippen LogP contribution is 2.55. The molecule has 0 spiro atoms. The minimum Gasteiger partial charge on any atom is -0.495 e. The van der Waals surface area contributed by atoms with Crippen molar-refractivity contribution in [3.8, 4) is 17.2 Å².